The summed E-state index contributed by atoms with van der Waals surface area (Å²) in [5.41, 5.74) is -0.459. The summed E-state index contributed by atoms with van der Waals surface area (Å²) in [6.07, 6.45) is 0. The number of benzene rings is 1. The Morgan fingerprint density at radius 1 is 1.32 bits per heavy atom. The van der Waals surface area contributed by atoms with E-state index in [1.807, 2.05) is 18.7 Å². The van der Waals surface area contributed by atoms with E-state index in [1.165, 1.54) is 11.8 Å². The fraction of sp³-hybridized carbons (Fsp3) is 0.529. The number of nitriles is 1. The van der Waals surface area contributed by atoms with Crippen LogP contribution in [0.25, 0.3) is 0 Å². The van der Waals surface area contributed by atoms with Crippen LogP contribution in [0.4, 0.5) is 10.1 Å². The Morgan fingerprint density at radius 3 is 2.40 bits per heavy atom. The van der Waals surface area contributed by atoms with Gasteiger partial charge in [-0.05, 0) is 25.0 Å². The van der Waals surface area contributed by atoms with Gasteiger partial charge in [0.15, 0.2) is 0 Å². The van der Waals surface area contributed by atoms with Crippen LogP contribution in [0.3, 0.4) is 0 Å². The maximum Gasteiger partial charge on any atom is 0.285 e. The molecule has 1 atom stereocenters. The molecule has 1 saturated heterocycles. The average Bonchev–Trinajstić information content (AvgIpc) is 2.54. The first kappa shape index (κ1) is 18.8. The zero-order chi connectivity index (χ0) is 18.7. The summed E-state index contributed by atoms with van der Waals surface area (Å²) in [6, 6.07) is 4.01. The molecule has 1 heterocycles. The number of nitrogens with zero attached hydrogens (tertiary/aromatic N) is 4. The first-order chi connectivity index (χ1) is 11.8. The minimum absolute atomic E-state index is 0.122. The summed E-state index contributed by atoms with van der Waals surface area (Å²) in [5, 5.41) is 20.5. The first-order valence-electron chi connectivity index (χ1n) is 8.13. The fourth-order valence-electron chi connectivity index (χ4n) is 3.17. The lowest BCUT2D eigenvalue weighted by Crippen LogP contribution is -2.52. The first-order valence-corrected chi connectivity index (χ1v) is 8.13. The number of hydrogen-bond acceptors (Lipinski definition) is 5. The molecule has 1 unspecified atom stereocenters. The molecule has 1 aliphatic rings. The Bertz CT molecular complexity index is 721. The van der Waals surface area contributed by atoms with E-state index in [2.05, 4.69) is 6.07 Å². The van der Waals surface area contributed by atoms with E-state index in [4.69, 9.17) is 0 Å². The molecule has 0 spiro atoms. The minimum atomic E-state index is -0.672. The minimum Gasteiger partial charge on any atom is -0.336 e. The van der Waals surface area contributed by atoms with Gasteiger partial charge in [-0.2, -0.15) is 5.26 Å². The van der Waals surface area contributed by atoms with Crippen molar-refractivity contribution in [1.82, 2.24) is 9.80 Å². The molecule has 0 aromatic heterocycles. The molecule has 2 rings (SSSR count). The van der Waals surface area contributed by atoms with Crippen molar-refractivity contribution in [2.45, 2.75) is 26.8 Å². The zero-order valence-corrected chi connectivity index (χ0v) is 14.5. The van der Waals surface area contributed by atoms with Crippen molar-refractivity contribution in [3.63, 3.8) is 0 Å². The van der Waals surface area contributed by atoms with Crippen LogP contribution in [0.15, 0.2) is 12.1 Å². The highest BCUT2D eigenvalue weighted by molar-refractivity contribution is 5.98. The molecule has 0 saturated carbocycles. The van der Waals surface area contributed by atoms with Crippen LogP contribution in [-0.2, 0) is 0 Å². The molecule has 0 bridgehead atoms. The van der Waals surface area contributed by atoms with Crippen molar-refractivity contribution in [2.24, 2.45) is 5.92 Å². The second kappa shape index (κ2) is 7.57. The second-order valence-corrected chi connectivity index (χ2v) is 6.52. The van der Waals surface area contributed by atoms with Crippen molar-refractivity contribution in [1.29, 1.82) is 5.26 Å². The molecule has 0 N–H and O–H groups in total. The fourth-order valence-corrected chi connectivity index (χ4v) is 3.17. The van der Waals surface area contributed by atoms with E-state index in [0.29, 0.717) is 26.2 Å². The molecule has 1 aliphatic heterocycles. The number of piperazine rings is 1. The monoisotopic (exact) mass is 348 g/mol. The third kappa shape index (κ3) is 3.94. The van der Waals surface area contributed by atoms with E-state index < -0.39 is 16.6 Å². The molecule has 134 valence electrons. The van der Waals surface area contributed by atoms with Crippen LogP contribution >= 0.6 is 0 Å². The third-order valence-electron chi connectivity index (χ3n) is 4.44. The summed E-state index contributed by atoms with van der Waals surface area (Å²) >= 11 is 0. The molecule has 8 heteroatoms. The molecule has 25 heavy (non-hydrogen) atoms. The van der Waals surface area contributed by atoms with Gasteiger partial charge in [-0.1, -0.05) is 13.8 Å². The molecule has 7 nitrogen and oxygen atoms in total. The summed E-state index contributed by atoms with van der Waals surface area (Å²) in [6.45, 7) is 7.03. The highest BCUT2D eigenvalue weighted by Crippen LogP contribution is 2.26. The highest BCUT2D eigenvalue weighted by Gasteiger charge is 2.32. The molecule has 1 fully saturated rings. The lowest BCUT2D eigenvalue weighted by Gasteiger charge is -2.38. The molecular weight excluding hydrogens is 327 g/mol. The lowest BCUT2D eigenvalue weighted by atomic mass is 10.0. The Labute approximate surface area is 145 Å². The third-order valence-corrected chi connectivity index (χ3v) is 4.44. The van der Waals surface area contributed by atoms with Gasteiger partial charge in [-0.15, -0.1) is 0 Å². The largest absolute Gasteiger partial charge is 0.336 e. The molecule has 0 radical (unpaired) electrons. The standard InChI is InChI=1S/C17H21FN4O3/c1-11(2)15(10-19)20-4-6-21(7-5-20)17(23)14-9-13(18)8-12(3)16(14)22(24)25/h8-9,11,15H,4-7H2,1-3H3. The van der Waals surface area contributed by atoms with Crippen molar-refractivity contribution < 1.29 is 14.1 Å². The van der Waals surface area contributed by atoms with Crippen LogP contribution in [0, 0.1) is 40.1 Å². The lowest BCUT2D eigenvalue weighted by molar-refractivity contribution is -0.385. The summed E-state index contributed by atoms with van der Waals surface area (Å²) in [7, 11) is 0. The number of hydrogen-bond donors (Lipinski definition) is 0. The summed E-state index contributed by atoms with van der Waals surface area (Å²) in [4.78, 5) is 26.8. The number of carbonyl (C=O) groups is 1. The normalized spacial score (nSPS) is 16.6. The molecular formula is C17H21FN4O3. The predicted molar refractivity (Wildman–Crippen MR) is 89.5 cm³/mol. The van der Waals surface area contributed by atoms with Gasteiger partial charge in [-0.25, -0.2) is 4.39 Å². The van der Waals surface area contributed by atoms with Gasteiger partial charge in [0.1, 0.15) is 17.4 Å². The molecule has 1 aromatic carbocycles. The van der Waals surface area contributed by atoms with Gasteiger partial charge in [-0.3, -0.25) is 19.8 Å². The van der Waals surface area contributed by atoms with Gasteiger partial charge < -0.3 is 4.90 Å². The van der Waals surface area contributed by atoms with Gasteiger partial charge >= 0.3 is 0 Å². The van der Waals surface area contributed by atoms with Crippen LogP contribution in [-0.4, -0.2) is 52.9 Å². The van der Waals surface area contributed by atoms with E-state index in [9.17, 15) is 24.6 Å². The van der Waals surface area contributed by atoms with E-state index in [1.54, 1.807) is 0 Å². The van der Waals surface area contributed by atoms with Crippen LogP contribution in [0.2, 0.25) is 0 Å². The Morgan fingerprint density at radius 2 is 1.92 bits per heavy atom. The van der Waals surface area contributed by atoms with Gasteiger partial charge in [0, 0.05) is 31.7 Å². The molecule has 0 aliphatic carbocycles. The Kier molecular flexibility index (Phi) is 5.69. The number of halogens is 1. The average molecular weight is 348 g/mol. The van der Waals surface area contributed by atoms with E-state index in [-0.39, 0.29) is 28.8 Å². The van der Waals surface area contributed by atoms with Crippen LogP contribution in [0.1, 0.15) is 29.8 Å². The van der Waals surface area contributed by atoms with Crippen LogP contribution < -0.4 is 0 Å². The van der Waals surface area contributed by atoms with Crippen molar-refractivity contribution in [3.05, 3.63) is 39.2 Å². The van der Waals surface area contributed by atoms with Crippen molar-refractivity contribution >= 4 is 11.6 Å². The van der Waals surface area contributed by atoms with E-state index >= 15 is 0 Å². The Balaban J connectivity index is 2.19. The Hall–Kier alpha value is -2.53. The number of nitro benzene ring substituents is 1. The highest BCUT2D eigenvalue weighted by atomic mass is 19.1. The van der Waals surface area contributed by atoms with Gasteiger partial charge in [0.25, 0.3) is 11.6 Å². The van der Waals surface area contributed by atoms with Gasteiger partial charge in [0.2, 0.25) is 0 Å². The maximum absolute atomic E-state index is 13.7. The quantitative estimate of drug-likeness (QED) is 0.615. The van der Waals surface area contributed by atoms with Gasteiger partial charge in [0.05, 0.1) is 11.0 Å². The van der Waals surface area contributed by atoms with Crippen molar-refractivity contribution in [2.75, 3.05) is 26.2 Å². The molecule has 1 aromatic rings. The maximum atomic E-state index is 13.7. The zero-order valence-electron chi connectivity index (χ0n) is 14.5. The van der Waals surface area contributed by atoms with E-state index in [0.717, 1.165) is 12.1 Å². The summed E-state index contributed by atoms with van der Waals surface area (Å²) < 4.78 is 13.7. The smallest absolute Gasteiger partial charge is 0.285 e. The van der Waals surface area contributed by atoms with Crippen LogP contribution in [0.5, 0.6) is 0 Å². The van der Waals surface area contributed by atoms with Crippen molar-refractivity contribution in [3.8, 4) is 6.07 Å². The topological polar surface area (TPSA) is 90.5 Å². The second-order valence-electron chi connectivity index (χ2n) is 6.52. The SMILES string of the molecule is Cc1cc(F)cc(C(=O)N2CCN(C(C#N)C(C)C)CC2)c1[N+](=O)[O-]. The number of aryl methyl sites for hydroxylation is 1. The number of amides is 1. The predicted octanol–water partition coefficient (Wildman–Crippen LogP) is 2.35. The number of carbonyl (C=O) groups excluding carboxylic acids is 1. The number of rotatable bonds is 4. The summed E-state index contributed by atoms with van der Waals surface area (Å²) in [5.74, 6) is -1.05. The molecule has 1 amide bonds. The number of nitro groups is 1.